The zero-order valence-electron chi connectivity index (χ0n) is 10.2. The Kier molecular flexibility index (Phi) is 3.77. The normalized spacial score (nSPS) is 10.4. The second-order valence-electron chi connectivity index (χ2n) is 3.90. The predicted molar refractivity (Wildman–Crippen MR) is 70.8 cm³/mol. The van der Waals surface area contributed by atoms with Crippen LogP contribution in [0.5, 0.6) is 0 Å². The van der Waals surface area contributed by atoms with E-state index >= 15 is 0 Å². The number of hydrogen-bond donors (Lipinski definition) is 1. The molecule has 3 nitrogen and oxygen atoms in total. The first-order valence-electron chi connectivity index (χ1n) is 5.65. The van der Waals surface area contributed by atoms with Crippen LogP contribution < -0.4 is 5.32 Å². The molecule has 0 spiro atoms. The maximum atomic E-state index is 13.7. The Morgan fingerprint density at radius 2 is 2.11 bits per heavy atom. The van der Waals surface area contributed by atoms with Crippen molar-refractivity contribution in [3.05, 3.63) is 46.6 Å². The summed E-state index contributed by atoms with van der Waals surface area (Å²) in [5.74, 6) is 0.234. The van der Waals surface area contributed by atoms with Crippen molar-refractivity contribution in [3.63, 3.8) is 0 Å². The van der Waals surface area contributed by atoms with Crippen molar-refractivity contribution in [2.24, 2.45) is 0 Å². The SMILES string of the molecule is CCc1c(Cl)ncnc1Nc1c(C)cccc1F. The number of halogens is 2. The first kappa shape index (κ1) is 12.8. The molecule has 0 aliphatic carbocycles. The zero-order valence-corrected chi connectivity index (χ0v) is 10.9. The standard InChI is InChI=1S/C13H13ClFN3/c1-3-9-12(14)16-7-17-13(9)18-11-8(2)5-4-6-10(11)15/h4-7H,3H2,1-2H3,(H,16,17,18). The van der Waals surface area contributed by atoms with E-state index in [9.17, 15) is 4.39 Å². The second-order valence-corrected chi connectivity index (χ2v) is 4.26. The van der Waals surface area contributed by atoms with Crippen LogP contribution >= 0.6 is 11.6 Å². The summed E-state index contributed by atoms with van der Waals surface area (Å²) in [4.78, 5) is 8.03. The Labute approximate surface area is 110 Å². The van der Waals surface area contributed by atoms with Crippen LogP contribution in [0.25, 0.3) is 0 Å². The Morgan fingerprint density at radius 1 is 1.33 bits per heavy atom. The van der Waals surface area contributed by atoms with E-state index in [0.717, 1.165) is 11.1 Å². The molecule has 1 aromatic heterocycles. The van der Waals surface area contributed by atoms with E-state index in [4.69, 9.17) is 11.6 Å². The highest BCUT2D eigenvalue weighted by Crippen LogP contribution is 2.27. The molecule has 0 aliphatic rings. The number of nitrogens with zero attached hydrogens (tertiary/aromatic N) is 2. The minimum absolute atomic E-state index is 0.313. The summed E-state index contributed by atoms with van der Waals surface area (Å²) in [5.41, 5.74) is 2.01. The molecule has 2 aromatic rings. The van der Waals surface area contributed by atoms with Gasteiger partial charge in [-0.2, -0.15) is 0 Å². The molecule has 18 heavy (non-hydrogen) atoms. The van der Waals surface area contributed by atoms with E-state index in [1.165, 1.54) is 12.4 Å². The molecular formula is C13H13ClFN3. The molecule has 0 amide bonds. The Hall–Kier alpha value is -1.68. The van der Waals surface area contributed by atoms with E-state index < -0.39 is 0 Å². The molecule has 0 saturated carbocycles. The number of benzene rings is 1. The Bertz CT molecular complexity index is 552. The molecule has 0 atom stereocenters. The van der Waals surface area contributed by atoms with Gasteiger partial charge in [-0.3, -0.25) is 0 Å². The third-order valence-electron chi connectivity index (χ3n) is 2.71. The van der Waals surface area contributed by atoms with Gasteiger partial charge < -0.3 is 5.32 Å². The van der Waals surface area contributed by atoms with Crippen molar-refractivity contribution in [2.45, 2.75) is 20.3 Å². The van der Waals surface area contributed by atoms with Crippen LogP contribution in [-0.2, 0) is 6.42 Å². The van der Waals surface area contributed by atoms with Crippen molar-refractivity contribution >= 4 is 23.1 Å². The van der Waals surface area contributed by atoms with E-state index in [-0.39, 0.29) is 5.82 Å². The van der Waals surface area contributed by atoms with Crippen LogP contribution in [0, 0.1) is 12.7 Å². The highest BCUT2D eigenvalue weighted by atomic mass is 35.5. The number of aromatic nitrogens is 2. The average molecular weight is 266 g/mol. The second kappa shape index (κ2) is 5.31. The molecule has 2 rings (SSSR count). The fourth-order valence-corrected chi connectivity index (χ4v) is 1.99. The lowest BCUT2D eigenvalue weighted by atomic mass is 10.1. The number of rotatable bonds is 3. The van der Waals surface area contributed by atoms with Gasteiger partial charge in [-0.05, 0) is 25.0 Å². The summed E-state index contributed by atoms with van der Waals surface area (Å²) < 4.78 is 13.7. The molecule has 0 fully saturated rings. The van der Waals surface area contributed by atoms with Crippen LogP contribution in [0.15, 0.2) is 24.5 Å². The number of anilines is 2. The zero-order chi connectivity index (χ0) is 13.1. The minimum Gasteiger partial charge on any atom is -0.337 e. The maximum absolute atomic E-state index is 13.7. The van der Waals surface area contributed by atoms with Crippen molar-refractivity contribution in [3.8, 4) is 0 Å². The third-order valence-corrected chi connectivity index (χ3v) is 3.04. The summed E-state index contributed by atoms with van der Waals surface area (Å²) in [6, 6.07) is 4.91. The van der Waals surface area contributed by atoms with Crippen molar-refractivity contribution in [1.82, 2.24) is 9.97 Å². The summed E-state index contributed by atoms with van der Waals surface area (Å²) in [6.07, 6.45) is 2.04. The highest BCUT2D eigenvalue weighted by molar-refractivity contribution is 6.30. The number of nitrogens with one attached hydrogen (secondary N) is 1. The fourth-order valence-electron chi connectivity index (χ4n) is 1.72. The summed E-state index contributed by atoms with van der Waals surface area (Å²) >= 11 is 5.99. The molecule has 94 valence electrons. The van der Waals surface area contributed by atoms with Gasteiger partial charge >= 0.3 is 0 Å². The molecule has 1 aromatic carbocycles. The van der Waals surface area contributed by atoms with Gasteiger partial charge in [-0.25, -0.2) is 14.4 Å². The van der Waals surface area contributed by atoms with E-state index in [2.05, 4.69) is 15.3 Å². The van der Waals surface area contributed by atoms with Crippen LogP contribution in [-0.4, -0.2) is 9.97 Å². The van der Waals surface area contributed by atoms with Gasteiger partial charge in [0, 0.05) is 5.56 Å². The summed E-state index contributed by atoms with van der Waals surface area (Å²) in [6.45, 7) is 3.78. The molecule has 0 aliphatic heterocycles. The maximum Gasteiger partial charge on any atom is 0.146 e. The van der Waals surface area contributed by atoms with Gasteiger partial charge in [-0.15, -0.1) is 0 Å². The van der Waals surface area contributed by atoms with Gasteiger partial charge in [0.2, 0.25) is 0 Å². The van der Waals surface area contributed by atoms with Crippen molar-refractivity contribution in [2.75, 3.05) is 5.32 Å². The highest BCUT2D eigenvalue weighted by Gasteiger charge is 2.11. The molecule has 1 heterocycles. The average Bonchev–Trinajstić information content (AvgIpc) is 2.34. The quantitative estimate of drug-likeness (QED) is 0.856. The Morgan fingerprint density at radius 3 is 2.78 bits per heavy atom. The van der Waals surface area contributed by atoms with Gasteiger partial charge in [0.05, 0.1) is 5.69 Å². The predicted octanol–water partition coefficient (Wildman–Crippen LogP) is 3.88. The Balaban J connectivity index is 2.43. The van der Waals surface area contributed by atoms with E-state index in [1.54, 1.807) is 6.07 Å². The molecule has 0 bridgehead atoms. The van der Waals surface area contributed by atoms with Gasteiger partial charge in [0.25, 0.3) is 0 Å². The van der Waals surface area contributed by atoms with E-state index in [1.807, 2.05) is 19.9 Å². The number of para-hydroxylation sites is 1. The van der Waals surface area contributed by atoms with Crippen LogP contribution in [0.4, 0.5) is 15.9 Å². The first-order chi connectivity index (χ1) is 8.63. The summed E-state index contributed by atoms with van der Waals surface area (Å²) in [5, 5.41) is 3.38. The van der Waals surface area contributed by atoms with Crippen LogP contribution in [0.3, 0.4) is 0 Å². The monoisotopic (exact) mass is 265 g/mol. The van der Waals surface area contributed by atoms with Gasteiger partial charge in [0.1, 0.15) is 23.1 Å². The lowest BCUT2D eigenvalue weighted by Gasteiger charge is -2.13. The third kappa shape index (κ3) is 2.43. The van der Waals surface area contributed by atoms with Gasteiger partial charge in [-0.1, -0.05) is 30.7 Å². The van der Waals surface area contributed by atoms with Crippen molar-refractivity contribution in [1.29, 1.82) is 0 Å². The van der Waals surface area contributed by atoms with Crippen LogP contribution in [0.1, 0.15) is 18.1 Å². The largest absolute Gasteiger partial charge is 0.337 e. The minimum atomic E-state index is -0.313. The lowest BCUT2D eigenvalue weighted by molar-refractivity contribution is 0.630. The fraction of sp³-hybridized carbons (Fsp3) is 0.231. The molecule has 0 unspecified atom stereocenters. The molecule has 0 saturated heterocycles. The van der Waals surface area contributed by atoms with Crippen LogP contribution in [0.2, 0.25) is 5.15 Å². The van der Waals surface area contributed by atoms with Crippen molar-refractivity contribution < 1.29 is 4.39 Å². The molecule has 1 N–H and O–H groups in total. The molecule has 5 heteroatoms. The smallest absolute Gasteiger partial charge is 0.146 e. The summed E-state index contributed by atoms with van der Waals surface area (Å²) in [7, 11) is 0. The van der Waals surface area contributed by atoms with E-state index in [0.29, 0.717) is 23.1 Å². The topological polar surface area (TPSA) is 37.8 Å². The number of aryl methyl sites for hydroxylation is 1. The number of hydrogen-bond acceptors (Lipinski definition) is 3. The lowest BCUT2D eigenvalue weighted by Crippen LogP contribution is -2.03. The van der Waals surface area contributed by atoms with Gasteiger partial charge in [0.15, 0.2) is 0 Å². The molecule has 0 radical (unpaired) electrons. The molecular weight excluding hydrogens is 253 g/mol. The first-order valence-corrected chi connectivity index (χ1v) is 6.02.